The summed E-state index contributed by atoms with van der Waals surface area (Å²) >= 11 is 6.14. The number of nitrogens with one attached hydrogen (secondary N) is 1. The van der Waals surface area contributed by atoms with Crippen molar-refractivity contribution in [2.75, 3.05) is 6.61 Å². The Morgan fingerprint density at radius 2 is 1.71 bits per heavy atom. The lowest BCUT2D eigenvalue weighted by molar-refractivity contribution is -0.123. The molecular formula is C20H24ClNO2. The Labute approximate surface area is 149 Å². The van der Waals surface area contributed by atoms with Crippen LogP contribution in [-0.4, -0.2) is 12.5 Å². The van der Waals surface area contributed by atoms with Crippen LogP contribution in [0.5, 0.6) is 5.75 Å². The molecule has 4 heteroatoms. The molecule has 0 aliphatic carbocycles. The number of amides is 1. The van der Waals surface area contributed by atoms with Crippen molar-refractivity contribution in [2.24, 2.45) is 0 Å². The molecule has 2 rings (SSSR count). The Morgan fingerprint density at radius 1 is 1.12 bits per heavy atom. The van der Waals surface area contributed by atoms with Crippen molar-refractivity contribution in [2.45, 2.75) is 40.2 Å². The summed E-state index contributed by atoms with van der Waals surface area (Å²) < 4.78 is 5.61. The highest BCUT2D eigenvalue weighted by atomic mass is 35.5. The van der Waals surface area contributed by atoms with Crippen molar-refractivity contribution in [1.29, 1.82) is 0 Å². The molecule has 24 heavy (non-hydrogen) atoms. The fourth-order valence-electron chi connectivity index (χ4n) is 2.59. The Balaban J connectivity index is 1.96. The lowest BCUT2D eigenvalue weighted by atomic mass is 10.0. The van der Waals surface area contributed by atoms with E-state index in [-0.39, 0.29) is 18.6 Å². The van der Waals surface area contributed by atoms with E-state index in [2.05, 4.69) is 36.5 Å². The summed E-state index contributed by atoms with van der Waals surface area (Å²) in [5.41, 5.74) is 4.20. The molecule has 0 radical (unpaired) electrons. The average molecular weight is 346 g/mol. The Kier molecular flexibility index (Phi) is 6.27. The van der Waals surface area contributed by atoms with E-state index in [9.17, 15) is 4.79 Å². The zero-order valence-electron chi connectivity index (χ0n) is 14.7. The number of rotatable bonds is 6. The topological polar surface area (TPSA) is 38.3 Å². The molecule has 0 bridgehead atoms. The number of ether oxygens (including phenoxy) is 1. The van der Waals surface area contributed by atoms with Gasteiger partial charge in [-0.1, -0.05) is 48.4 Å². The molecule has 128 valence electrons. The highest BCUT2D eigenvalue weighted by Gasteiger charge is 2.13. The van der Waals surface area contributed by atoms with Gasteiger partial charge in [0.1, 0.15) is 5.75 Å². The number of carbonyl (C=O) groups excluding carboxylic acids is 1. The highest BCUT2D eigenvalue weighted by molar-refractivity contribution is 6.32. The van der Waals surface area contributed by atoms with Crippen LogP contribution in [-0.2, 0) is 4.79 Å². The van der Waals surface area contributed by atoms with E-state index in [1.807, 2.05) is 32.9 Å². The summed E-state index contributed by atoms with van der Waals surface area (Å²) in [5.74, 6) is 0.528. The van der Waals surface area contributed by atoms with Gasteiger partial charge in [-0.2, -0.15) is 0 Å². The highest BCUT2D eigenvalue weighted by Crippen LogP contribution is 2.25. The van der Waals surface area contributed by atoms with Gasteiger partial charge in [-0.05, 0) is 56.0 Å². The van der Waals surface area contributed by atoms with Crippen LogP contribution in [0.25, 0.3) is 0 Å². The third-order valence-electron chi connectivity index (χ3n) is 4.00. The van der Waals surface area contributed by atoms with Gasteiger partial charge in [-0.25, -0.2) is 0 Å². The zero-order valence-corrected chi connectivity index (χ0v) is 15.4. The van der Waals surface area contributed by atoms with Crippen LogP contribution in [0.2, 0.25) is 5.02 Å². The van der Waals surface area contributed by atoms with Crippen molar-refractivity contribution in [3.05, 3.63) is 63.7 Å². The average Bonchev–Trinajstić information content (AvgIpc) is 2.56. The molecule has 1 N–H and O–H groups in total. The van der Waals surface area contributed by atoms with Crippen LogP contribution >= 0.6 is 11.6 Å². The normalized spacial score (nSPS) is 11.9. The van der Waals surface area contributed by atoms with Crippen LogP contribution in [0, 0.1) is 20.8 Å². The van der Waals surface area contributed by atoms with Crippen molar-refractivity contribution < 1.29 is 9.53 Å². The van der Waals surface area contributed by atoms with E-state index in [1.165, 1.54) is 5.56 Å². The first-order chi connectivity index (χ1) is 11.4. The molecule has 1 amide bonds. The Hall–Kier alpha value is -2.00. The molecule has 0 unspecified atom stereocenters. The molecular weight excluding hydrogens is 322 g/mol. The van der Waals surface area contributed by atoms with Crippen molar-refractivity contribution in [3.63, 3.8) is 0 Å². The molecule has 0 aromatic heterocycles. The first kappa shape index (κ1) is 18.3. The lowest BCUT2D eigenvalue weighted by Gasteiger charge is -2.18. The van der Waals surface area contributed by atoms with Crippen molar-refractivity contribution in [1.82, 2.24) is 5.32 Å². The van der Waals surface area contributed by atoms with E-state index in [0.717, 1.165) is 28.1 Å². The molecule has 0 heterocycles. The maximum atomic E-state index is 12.2. The minimum Gasteiger partial charge on any atom is -0.484 e. The largest absolute Gasteiger partial charge is 0.484 e. The van der Waals surface area contributed by atoms with E-state index in [1.54, 1.807) is 0 Å². The number of carbonyl (C=O) groups is 1. The van der Waals surface area contributed by atoms with Crippen LogP contribution in [0.1, 0.15) is 41.6 Å². The summed E-state index contributed by atoms with van der Waals surface area (Å²) in [6, 6.07) is 11.9. The molecule has 0 saturated heterocycles. The van der Waals surface area contributed by atoms with Crippen LogP contribution in [0.3, 0.4) is 0 Å². The Bertz CT molecular complexity index is 687. The van der Waals surface area contributed by atoms with E-state index >= 15 is 0 Å². The van der Waals surface area contributed by atoms with E-state index in [0.29, 0.717) is 5.75 Å². The van der Waals surface area contributed by atoms with Gasteiger partial charge in [0.2, 0.25) is 0 Å². The minimum atomic E-state index is -0.132. The maximum Gasteiger partial charge on any atom is 0.258 e. The van der Waals surface area contributed by atoms with Gasteiger partial charge in [-0.3, -0.25) is 4.79 Å². The van der Waals surface area contributed by atoms with E-state index < -0.39 is 0 Å². The maximum absolute atomic E-state index is 12.2. The summed E-state index contributed by atoms with van der Waals surface area (Å²) in [4.78, 5) is 12.2. The number of hydrogen-bond donors (Lipinski definition) is 1. The molecule has 2 aromatic carbocycles. The smallest absolute Gasteiger partial charge is 0.258 e. The Morgan fingerprint density at radius 3 is 2.25 bits per heavy atom. The van der Waals surface area contributed by atoms with Gasteiger partial charge in [0.15, 0.2) is 6.61 Å². The quantitative estimate of drug-likeness (QED) is 0.807. The molecule has 3 nitrogen and oxygen atoms in total. The standard InChI is InChI=1S/C20H24ClNO2/c1-5-18(16-8-6-13(2)7-9-16)22-19(23)12-24-17-10-14(3)20(21)15(4)11-17/h6-11,18H,5,12H2,1-4H3,(H,22,23)/t18-/m1/s1. The fourth-order valence-corrected chi connectivity index (χ4v) is 2.70. The van der Waals surface area contributed by atoms with E-state index in [4.69, 9.17) is 16.3 Å². The lowest BCUT2D eigenvalue weighted by Crippen LogP contribution is -2.32. The van der Waals surface area contributed by atoms with Gasteiger partial charge in [-0.15, -0.1) is 0 Å². The third-order valence-corrected chi connectivity index (χ3v) is 4.60. The van der Waals surface area contributed by atoms with Gasteiger partial charge < -0.3 is 10.1 Å². The second-order valence-corrected chi connectivity index (χ2v) is 6.48. The number of hydrogen-bond acceptors (Lipinski definition) is 2. The molecule has 1 atom stereocenters. The van der Waals surface area contributed by atoms with Crippen molar-refractivity contribution in [3.8, 4) is 5.75 Å². The summed E-state index contributed by atoms with van der Waals surface area (Å²) in [5, 5.41) is 3.76. The molecule has 0 aliphatic heterocycles. The summed E-state index contributed by atoms with van der Waals surface area (Å²) in [6.45, 7) is 7.94. The molecule has 0 spiro atoms. The van der Waals surface area contributed by atoms with Crippen LogP contribution < -0.4 is 10.1 Å². The minimum absolute atomic E-state index is 0.00427. The molecule has 0 saturated carbocycles. The van der Waals surface area contributed by atoms with Crippen LogP contribution in [0.4, 0.5) is 0 Å². The number of halogens is 1. The fraction of sp³-hybridized carbons (Fsp3) is 0.350. The predicted octanol–water partition coefficient (Wildman–Crippen LogP) is 4.91. The van der Waals surface area contributed by atoms with Crippen molar-refractivity contribution >= 4 is 17.5 Å². The molecule has 2 aromatic rings. The molecule has 0 fully saturated rings. The number of benzene rings is 2. The second kappa shape index (κ2) is 8.20. The first-order valence-corrected chi connectivity index (χ1v) is 8.54. The summed E-state index contributed by atoms with van der Waals surface area (Å²) in [7, 11) is 0. The first-order valence-electron chi connectivity index (χ1n) is 8.16. The van der Waals surface area contributed by atoms with Gasteiger partial charge >= 0.3 is 0 Å². The van der Waals surface area contributed by atoms with Crippen LogP contribution in [0.15, 0.2) is 36.4 Å². The number of aryl methyl sites for hydroxylation is 3. The third kappa shape index (κ3) is 4.75. The SMILES string of the molecule is CC[C@@H](NC(=O)COc1cc(C)c(Cl)c(C)c1)c1ccc(C)cc1. The summed E-state index contributed by atoms with van der Waals surface area (Å²) in [6.07, 6.45) is 0.827. The van der Waals surface area contributed by atoms with Gasteiger partial charge in [0.25, 0.3) is 5.91 Å². The monoisotopic (exact) mass is 345 g/mol. The van der Waals surface area contributed by atoms with Gasteiger partial charge in [0, 0.05) is 5.02 Å². The second-order valence-electron chi connectivity index (χ2n) is 6.10. The molecule has 0 aliphatic rings. The zero-order chi connectivity index (χ0) is 17.7. The predicted molar refractivity (Wildman–Crippen MR) is 98.8 cm³/mol. The van der Waals surface area contributed by atoms with Gasteiger partial charge in [0.05, 0.1) is 6.04 Å².